The molecule has 0 bridgehead atoms. The van der Waals surface area contributed by atoms with Crippen molar-refractivity contribution in [3.05, 3.63) is 33.8 Å². The van der Waals surface area contributed by atoms with Gasteiger partial charge in [-0.3, -0.25) is 4.79 Å². The first-order valence-corrected chi connectivity index (χ1v) is 6.39. The zero-order valence-electron chi connectivity index (χ0n) is 9.62. The maximum atomic E-state index is 11.8. The molecule has 98 valence electrons. The number of ether oxygens (including phenoxy) is 2. The highest BCUT2D eigenvalue weighted by molar-refractivity contribution is 6.36. The predicted octanol–water partition coefficient (Wildman–Crippen LogP) is 2.49. The van der Waals surface area contributed by atoms with E-state index < -0.39 is 0 Å². The van der Waals surface area contributed by atoms with Crippen LogP contribution in [0.25, 0.3) is 0 Å². The summed E-state index contributed by atoms with van der Waals surface area (Å²) in [6, 6.07) is 4.77. The van der Waals surface area contributed by atoms with Crippen LogP contribution in [0.5, 0.6) is 0 Å². The fraction of sp³-hybridized carbons (Fsp3) is 0.417. The molecular weight excluding hydrogens is 277 g/mol. The van der Waals surface area contributed by atoms with Gasteiger partial charge in [-0.2, -0.15) is 0 Å². The highest BCUT2D eigenvalue weighted by Crippen LogP contribution is 2.20. The third-order valence-electron chi connectivity index (χ3n) is 2.53. The number of hydrogen-bond acceptors (Lipinski definition) is 3. The van der Waals surface area contributed by atoms with Crippen molar-refractivity contribution in [3.8, 4) is 0 Å². The number of amides is 1. The number of hydrogen-bond donors (Lipinski definition) is 1. The van der Waals surface area contributed by atoms with Crippen molar-refractivity contribution in [3.63, 3.8) is 0 Å². The lowest BCUT2D eigenvalue weighted by Crippen LogP contribution is -2.27. The number of nitrogens with one attached hydrogen (secondary N) is 1. The van der Waals surface area contributed by atoms with Gasteiger partial charge in [-0.1, -0.05) is 23.2 Å². The topological polar surface area (TPSA) is 47.6 Å². The molecule has 0 unspecified atom stereocenters. The molecule has 0 spiro atoms. The third-order valence-corrected chi connectivity index (χ3v) is 3.08. The second-order valence-electron chi connectivity index (χ2n) is 3.84. The van der Waals surface area contributed by atoms with Crippen LogP contribution in [0.3, 0.4) is 0 Å². The molecule has 0 atom stereocenters. The molecule has 1 heterocycles. The van der Waals surface area contributed by atoms with Crippen LogP contribution in [0.1, 0.15) is 16.8 Å². The van der Waals surface area contributed by atoms with E-state index in [0.29, 0.717) is 41.8 Å². The molecule has 1 amide bonds. The second kappa shape index (κ2) is 6.38. The van der Waals surface area contributed by atoms with Gasteiger partial charge in [-0.25, -0.2) is 0 Å². The molecule has 6 heteroatoms. The van der Waals surface area contributed by atoms with Gasteiger partial charge in [0, 0.05) is 18.0 Å². The van der Waals surface area contributed by atoms with Crippen molar-refractivity contribution in [2.75, 3.05) is 19.8 Å². The van der Waals surface area contributed by atoms with E-state index in [-0.39, 0.29) is 12.2 Å². The molecule has 1 aliphatic heterocycles. The van der Waals surface area contributed by atoms with Crippen molar-refractivity contribution in [2.45, 2.75) is 12.7 Å². The quantitative estimate of drug-likeness (QED) is 0.926. The summed E-state index contributed by atoms with van der Waals surface area (Å²) in [6.07, 6.45) is 0.405. The lowest BCUT2D eigenvalue weighted by Gasteiger charge is -2.10. The largest absolute Gasteiger partial charge is 0.352 e. The highest BCUT2D eigenvalue weighted by atomic mass is 35.5. The lowest BCUT2D eigenvalue weighted by molar-refractivity contribution is -0.0455. The van der Waals surface area contributed by atoms with Crippen molar-refractivity contribution in [1.29, 1.82) is 0 Å². The van der Waals surface area contributed by atoms with E-state index in [0.717, 1.165) is 0 Å². The SMILES string of the molecule is O=C(NCCC1OCCO1)c1ccc(Cl)cc1Cl. The molecule has 2 rings (SSSR count). The van der Waals surface area contributed by atoms with Gasteiger partial charge in [-0.05, 0) is 18.2 Å². The average molecular weight is 290 g/mol. The Hall–Kier alpha value is -0.810. The Morgan fingerprint density at radius 3 is 2.72 bits per heavy atom. The first kappa shape index (κ1) is 13.6. The van der Waals surface area contributed by atoms with Crippen LogP contribution < -0.4 is 5.32 Å². The molecule has 1 aliphatic rings. The minimum absolute atomic E-state index is 0.217. The monoisotopic (exact) mass is 289 g/mol. The second-order valence-corrected chi connectivity index (χ2v) is 4.68. The maximum Gasteiger partial charge on any atom is 0.252 e. The van der Waals surface area contributed by atoms with Gasteiger partial charge in [-0.15, -0.1) is 0 Å². The smallest absolute Gasteiger partial charge is 0.252 e. The van der Waals surface area contributed by atoms with Gasteiger partial charge < -0.3 is 14.8 Å². The molecule has 4 nitrogen and oxygen atoms in total. The molecule has 1 saturated heterocycles. The summed E-state index contributed by atoms with van der Waals surface area (Å²) < 4.78 is 10.5. The first-order valence-electron chi connectivity index (χ1n) is 5.63. The Morgan fingerprint density at radius 1 is 1.33 bits per heavy atom. The van der Waals surface area contributed by atoms with Crippen LogP contribution in [0, 0.1) is 0 Å². The Morgan fingerprint density at radius 2 is 2.06 bits per heavy atom. The average Bonchev–Trinajstić information content (AvgIpc) is 2.81. The zero-order chi connectivity index (χ0) is 13.0. The van der Waals surface area contributed by atoms with Gasteiger partial charge in [0.1, 0.15) is 0 Å². The minimum atomic E-state index is -0.227. The molecule has 0 aliphatic carbocycles. The van der Waals surface area contributed by atoms with Gasteiger partial charge in [0.05, 0.1) is 23.8 Å². The maximum absolute atomic E-state index is 11.8. The molecule has 0 radical (unpaired) electrons. The Bertz CT molecular complexity index is 433. The summed E-state index contributed by atoms with van der Waals surface area (Å²) in [4.78, 5) is 11.8. The normalized spacial score (nSPS) is 15.9. The van der Waals surface area contributed by atoms with Crippen LogP contribution in [-0.4, -0.2) is 32.0 Å². The fourth-order valence-corrected chi connectivity index (χ4v) is 2.14. The van der Waals surface area contributed by atoms with Crippen molar-refractivity contribution < 1.29 is 14.3 Å². The molecular formula is C12H13Cl2NO3. The number of carbonyl (C=O) groups excluding carboxylic acids is 1. The Kier molecular flexibility index (Phi) is 4.83. The highest BCUT2D eigenvalue weighted by Gasteiger charge is 2.16. The molecule has 1 aromatic carbocycles. The standard InChI is InChI=1S/C12H13Cl2NO3/c13-8-1-2-9(10(14)7-8)12(16)15-4-3-11-17-5-6-18-11/h1-2,7,11H,3-6H2,(H,15,16). The van der Waals surface area contributed by atoms with Crippen molar-refractivity contribution >= 4 is 29.1 Å². The fourth-order valence-electron chi connectivity index (χ4n) is 1.65. The van der Waals surface area contributed by atoms with E-state index >= 15 is 0 Å². The summed E-state index contributed by atoms with van der Waals surface area (Å²) in [5.74, 6) is -0.227. The van der Waals surface area contributed by atoms with E-state index in [4.69, 9.17) is 32.7 Å². The molecule has 1 fully saturated rings. The number of rotatable bonds is 4. The molecule has 18 heavy (non-hydrogen) atoms. The first-order chi connectivity index (χ1) is 8.66. The van der Waals surface area contributed by atoms with Gasteiger partial charge in [0.2, 0.25) is 0 Å². The summed E-state index contributed by atoms with van der Waals surface area (Å²) >= 11 is 11.7. The van der Waals surface area contributed by atoms with Crippen LogP contribution in [0.4, 0.5) is 0 Å². The predicted molar refractivity (Wildman–Crippen MR) is 69.1 cm³/mol. The minimum Gasteiger partial charge on any atom is -0.352 e. The van der Waals surface area contributed by atoms with Crippen molar-refractivity contribution in [2.24, 2.45) is 0 Å². The van der Waals surface area contributed by atoms with E-state index in [9.17, 15) is 4.79 Å². The molecule has 0 aromatic heterocycles. The van der Waals surface area contributed by atoms with Gasteiger partial charge >= 0.3 is 0 Å². The van der Waals surface area contributed by atoms with Crippen molar-refractivity contribution in [1.82, 2.24) is 5.32 Å². The summed E-state index contributed by atoms with van der Waals surface area (Å²) in [5, 5.41) is 3.60. The van der Waals surface area contributed by atoms with Crippen LogP contribution in [-0.2, 0) is 9.47 Å². The number of carbonyl (C=O) groups is 1. The number of benzene rings is 1. The molecule has 0 saturated carbocycles. The molecule has 1 aromatic rings. The van der Waals surface area contributed by atoms with E-state index in [1.54, 1.807) is 18.2 Å². The van der Waals surface area contributed by atoms with Gasteiger partial charge in [0.15, 0.2) is 6.29 Å². The summed E-state index contributed by atoms with van der Waals surface area (Å²) in [5.41, 5.74) is 0.411. The Balaban J connectivity index is 1.83. The van der Waals surface area contributed by atoms with E-state index in [1.165, 1.54) is 0 Å². The Labute approximate surface area is 115 Å². The van der Waals surface area contributed by atoms with E-state index in [2.05, 4.69) is 5.32 Å². The van der Waals surface area contributed by atoms with E-state index in [1.807, 2.05) is 0 Å². The molecule has 1 N–H and O–H groups in total. The van der Waals surface area contributed by atoms with Crippen LogP contribution in [0.15, 0.2) is 18.2 Å². The lowest BCUT2D eigenvalue weighted by atomic mass is 10.2. The third kappa shape index (κ3) is 3.59. The number of halogens is 2. The zero-order valence-corrected chi connectivity index (χ0v) is 11.1. The van der Waals surface area contributed by atoms with Gasteiger partial charge in [0.25, 0.3) is 5.91 Å². The van der Waals surface area contributed by atoms with Crippen LogP contribution in [0.2, 0.25) is 10.0 Å². The summed E-state index contributed by atoms with van der Waals surface area (Å²) in [7, 11) is 0. The summed E-state index contributed by atoms with van der Waals surface area (Å²) in [6.45, 7) is 1.70. The van der Waals surface area contributed by atoms with Crippen LogP contribution >= 0.6 is 23.2 Å².